The van der Waals surface area contributed by atoms with E-state index in [-0.39, 0.29) is 0 Å². The van der Waals surface area contributed by atoms with E-state index < -0.39 is 0 Å². The summed E-state index contributed by atoms with van der Waals surface area (Å²) in [5.74, 6) is 0.753. The maximum absolute atomic E-state index is 8.77. The third kappa shape index (κ3) is 3.60. The van der Waals surface area contributed by atoms with Crippen molar-refractivity contribution >= 4 is 0 Å². The van der Waals surface area contributed by atoms with E-state index in [1.165, 1.54) is 5.56 Å². The summed E-state index contributed by atoms with van der Waals surface area (Å²) in [6, 6.07) is 13.3. The highest BCUT2D eigenvalue weighted by Crippen LogP contribution is 2.13. The van der Waals surface area contributed by atoms with E-state index in [1.54, 1.807) is 24.5 Å². The zero-order valence-corrected chi connectivity index (χ0v) is 10.0. The van der Waals surface area contributed by atoms with Crippen LogP contribution in [0.2, 0.25) is 0 Å². The van der Waals surface area contributed by atoms with E-state index in [1.807, 2.05) is 24.3 Å². The number of nitrogens with zero attached hydrogens (tertiary/aromatic N) is 2. The molecule has 0 spiro atoms. The van der Waals surface area contributed by atoms with Gasteiger partial charge in [0.2, 0.25) is 0 Å². The van der Waals surface area contributed by atoms with Crippen LogP contribution in [0.5, 0.6) is 5.75 Å². The number of hydrogen-bond acceptors (Lipinski definition) is 3. The summed E-state index contributed by atoms with van der Waals surface area (Å²) in [5.41, 5.74) is 1.89. The molecule has 0 N–H and O–H groups in total. The lowest BCUT2D eigenvalue weighted by molar-refractivity contribution is 0.311. The molecule has 0 unspecified atom stereocenters. The van der Waals surface area contributed by atoms with Crippen molar-refractivity contribution in [2.24, 2.45) is 0 Å². The van der Waals surface area contributed by atoms with Gasteiger partial charge >= 0.3 is 0 Å². The van der Waals surface area contributed by atoms with Crippen molar-refractivity contribution in [1.29, 1.82) is 5.26 Å². The molecule has 2 rings (SSSR count). The molecule has 0 saturated carbocycles. The van der Waals surface area contributed by atoms with Gasteiger partial charge in [0, 0.05) is 12.4 Å². The van der Waals surface area contributed by atoms with Crippen molar-refractivity contribution < 1.29 is 4.74 Å². The highest BCUT2D eigenvalue weighted by atomic mass is 16.5. The largest absolute Gasteiger partial charge is 0.494 e. The van der Waals surface area contributed by atoms with Gasteiger partial charge in [-0.2, -0.15) is 5.26 Å². The number of rotatable bonds is 5. The molecule has 0 bridgehead atoms. The Hall–Kier alpha value is -2.34. The van der Waals surface area contributed by atoms with Gasteiger partial charge in [-0.15, -0.1) is 0 Å². The lowest BCUT2D eigenvalue weighted by Gasteiger charge is -2.06. The quantitative estimate of drug-likeness (QED) is 0.752. The summed E-state index contributed by atoms with van der Waals surface area (Å²) in [5, 5.41) is 8.77. The molecule has 1 aromatic carbocycles. The monoisotopic (exact) mass is 238 g/mol. The second kappa shape index (κ2) is 6.41. The minimum atomic E-state index is 0.627. The summed E-state index contributed by atoms with van der Waals surface area (Å²) in [4.78, 5) is 3.98. The van der Waals surface area contributed by atoms with E-state index in [9.17, 15) is 0 Å². The molecule has 1 heterocycles. The molecule has 0 aliphatic heterocycles. The molecule has 3 heteroatoms. The highest BCUT2D eigenvalue weighted by Gasteiger charge is 1.97. The minimum Gasteiger partial charge on any atom is -0.494 e. The molecule has 2 aromatic rings. The molecule has 0 aliphatic rings. The number of nitriles is 1. The Morgan fingerprint density at radius 3 is 2.78 bits per heavy atom. The van der Waals surface area contributed by atoms with Crippen LogP contribution >= 0.6 is 0 Å². The normalized spacial score (nSPS) is 9.72. The summed E-state index contributed by atoms with van der Waals surface area (Å²) < 4.78 is 5.60. The molecular weight excluding hydrogens is 224 g/mol. The SMILES string of the molecule is N#Cc1cccc(OCCCc2ccncc2)c1. The average Bonchev–Trinajstić information content (AvgIpc) is 2.45. The van der Waals surface area contributed by atoms with Gasteiger partial charge in [-0.05, 0) is 48.7 Å². The van der Waals surface area contributed by atoms with E-state index >= 15 is 0 Å². The van der Waals surface area contributed by atoms with Crippen molar-refractivity contribution in [1.82, 2.24) is 4.98 Å². The molecule has 0 amide bonds. The Balaban J connectivity index is 1.77. The first-order valence-corrected chi connectivity index (χ1v) is 5.90. The van der Waals surface area contributed by atoms with E-state index in [0.717, 1.165) is 18.6 Å². The second-order valence-corrected chi connectivity index (χ2v) is 3.95. The third-order valence-electron chi connectivity index (χ3n) is 2.59. The number of benzene rings is 1. The van der Waals surface area contributed by atoms with Crippen LogP contribution in [-0.4, -0.2) is 11.6 Å². The van der Waals surface area contributed by atoms with Gasteiger partial charge in [0.1, 0.15) is 5.75 Å². The van der Waals surface area contributed by atoms with Crippen LogP contribution in [0.1, 0.15) is 17.5 Å². The molecule has 90 valence electrons. The van der Waals surface area contributed by atoms with E-state index in [2.05, 4.69) is 11.1 Å². The van der Waals surface area contributed by atoms with Gasteiger partial charge in [-0.3, -0.25) is 4.98 Å². The first kappa shape index (κ1) is 12.1. The molecule has 0 fully saturated rings. The van der Waals surface area contributed by atoms with Crippen molar-refractivity contribution in [3.8, 4) is 11.8 Å². The first-order valence-electron chi connectivity index (χ1n) is 5.90. The third-order valence-corrected chi connectivity index (χ3v) is 2.59. The molecule has 18 heavy (non-hydrogen) atoms. The maximum Gasteiger partial charge on any atom is 0.120 e. The van der Waals surface area contributed by atoms with Gasteiger partial charge in [0.25, 0.3) is 0 Å². The fourth-order valence-electron chi connectivity index (χ4n) is 1.67. The summed E-state index contributed by atoms with van der Waals surface area (Å²) >= 11 is 0. The van der Waals surface area contributed by atoms with Crippen LogP contribution in [0.15, 0.2) is 48.8 Å². The molecular formula is C15H14N2O. The van der Waals surface area contributed by atoms with Gasteiger partial charge in [-0.1, -0.05) is 6.07 Å². The van der Waals surface area contributed by atoms with Gasteiger partial charge < -0.3 is 4.74 Å². The predicted molar refractivity (Wildman–Crippen MR) is 69.2 cm³/mol. The van der Waals surface area contributed by atoms with Gasteiger partial charge in [0.05, 0.1) is 18.2 Å². The van der Waals surface area contributed by atoms with Crippen LogP contribution in [0.3, 0.4) is 0 Å². The standard InChI is InChI=1S/C15H14N2O/c16-12-14-3-1-5-15(11-14)18-10-2-4-13-6-8-17-9-7-13/h1,3,5-9,11H,2,4,10H2. The molecule has 0 saturated heterocycles. The molecule has 0 aliphatic carbocycles. The van der Waals surface area contributed by atoms with E-state index in [4.69, 9.17) is 10.00 Å². The second-order valence-electron chi connectivity index (χ2n) is 3.95. The van der Waals surface area contributed by atoms with Crippen LogP contribution in [0.4, 0.5) is 0 Å². The fourth-order valence-corrected chi connectivity index (χ4v) is 1.67. The molecule has 0 atom stereocenters. The Morgan fingerprint density at radius 2 is 2.00 bits per heavy atom. The van der Waals surface area contributed by atoms with Crippen LogP contribution < -0.4 is 4.74 Å². The Kier molecular flexibility index (Phi) is 4.32. The van der Waals surface area contributed by atoms with E-state index in [0.29, 0.717) is 12.2 Å². The smallest absolute Gasteiger partial charge is 0.120 e. The Morgan fingerprint density at radius 1 is 1.17 bits per heavy atom. The number of ether oxygens (including phenoxy) is 1. The van der Waals surface area contributed by atoms with Crippen molar-refractivity contribution in [2.75, 3.05) is 6.61 Å². The fraction of sp³-hybridized carbons (Fsp3) is 0.200. The lowest BCUT2D eigenvalue weighted by atomic mass is 10.1. The zero-order valence-electron chi connectivity index (χ0n) is 10.0. The predicted octanol–water partition coefficient (Wildman–Crippen LogP) is 2.96. The molecule has 3 nitrogen and oxygen atoms in total. The maximum atomic E-state index is 8.77. The summed E-state index contributed by atoms with van der Waals surface area (Å²) in [7, 11) is 0. The molecule has 0 radical (unpaired) electrons. The molecule has 1 aromatic heterocycles. The van der Waals surface area contributed by atoms with Crippen molar-refractivity contribution in [3.63, 3.8) is 0 Å². The summed E-state index contributed by atoms with van der Waals surface area (Å²) in [6.45, 7) is 0.650. The van der Waals surface area contributed by atoms with Crippen molar-refractivity contribution in [2.45, 2.75) is 12.8 Å². The number of aromatic nitrogens is 1. The van der Waals surface area contributed by atoms with Crippen LogP contribution in [0, 0.1) is 11.3 Å². The van der Waals surface area contributed by atoms with Gasteiger partial charge in [-0.25, -0.2) is 0 Å². The van der Waals surface area contributed by atoms with Crippen LogP contribution in [0.25, 0.3) is 0 Å². The lowest BCUT2D eigenvalue weighted by Crippen LogP contribution is -1.99. The van der Waals surface area contributed by atoms with Crippen molar-refractivity contribution in [3.05, 3.63) is 59.9 Å². The summed E-state index contributed by atoms with van der Waals surface area (Å²) in [6.07, 6.45) is 5.51. The van der Waals surface area contributed by atoms with Crippen LogP contribution in [-0.2, 0) is 6.42 Å². The minimum absolute atomic E-state index is 0.627. The zero-order chi connectivity index (χ0) is 12.6. The Bertz CT molecular complexity index is 532. The number of hydrogen-bond donors (Lipinski definition) is 0. The number of pyridine rings is 1. The average molecular weight is 238 g/mol. The number of aryl methyl sites for hydroxylation is 1. The Labute approximate surface area is 107 Å². The highest BCUT2D eigenvalue weighted by molar-refractivity contribution is 5.36. The topological polar surface area (TPSA) is 45.9 Å². The van der Waals surface area contributed by atoms with Gasteiger partial charge in [0.15, 0.2) is 0 Å². The first-order chi connectivity index (χ1) is 8.88.